The molecule has 0 bridgehead atoms. The molecule has 3 aromatic rings. The lowest BCUT2D eigenvalue weighted by Crippen LogP contribution is -1.98. The summed E-state index contributed by atoms with van der Waals surface area (Å²) in [4.78, 5) is 4.84. The predicted octanol–water partition coefficient (Wildman–Crippen LogP) is 3.49. The second-order valence-electron chi connectivity index (χ2n) is 5.34. The molecule has 5 heteroatoms. The summed E-state index contributed by atoms with van der Waals surface area (Å²) in [5.74, 6) is 1.08. The summed E-state index contributed by atoms with van der Waals surface area (Å²) in [5, 5.41) is 1.08. The summed E-state index contributed by atoms with van der Waals surface area (Å²) in [6.45, 7) is 0.988. The van der Waals surface area contributed by atoms with Gasteiger partial charge in [0.15, 0.2) is 5.16 Å². The summed E-state index contributed by atoms with van der Waals surface area (Å²) in [7, 11) is 0. The highest BCUT2D eigenvalue weighted by Gasteiger charge is 2.23. The molecule has 1 aliphatic heterocycles. The molecule has 0 atom stereocenters. The topological polar surface area (TPSA) is 69.9 Å². The van der Waals surface area contributed by atoms with E-state index in [2.05, 4.69) is 16.7 Å². The minimum Gasteiger partial charge on any atom is -0.399 e. The van der Waals surface area contributed by atoms with Crippen LogP contribution >= 0.6 is 11.8 Å². The number of nitrogens with two attached hydrogens (primary N) is 2. The first-order valence-electron chi connectivity index (χ1n) is 7.17. The Morgan fingerprint density at radius 2 is 1.45 bits per heavy atom. The number of fused-ring (bicyclic) bond motifs is 1. The van der Waals surface area contributed by atoms with Gasteiger partial charge in [-0.3, -0.25) is 0 Å². The number of aromatic nitrogens is 2. The van der Waals surface area contributed by atoms with Gasteiger partial charge in [-0.25, -0.2) is 4.98 Å². The van der Waals surface area contributed by atoms with Crippen molar-refractivity contribution in [1.82, 2.24) is 9.55 Å². The van der Waals surface area contributed by atoms with E-state index in [1.165, 1.54) is 0 Å². The molecular formula is C17H16N4S. The molecule has 0 fully saturated rings. The van der Waals surface area contributed by atoms with E-state index < -0.39 is 0 Å². The summed E-state index contributed by atoms with van der Waals surface area (Å²) in [6.07, 6.45) is 0. The smallest absolute Gasteiger partial charge is 0.169 e. The molecule has 0 unspecified atom stereocenters. The van der Waals surface area contributed by atoms with Gasteiger partial charge in [0, 0.05) is 34.8 Å². The Morgan fingerprint density at radius 1 is 0.864 bits per heavy atom. The molecule has 0 amide bonds. The number of hydrogen-bond acceptors (Lipinski definition) is 4. The third-order valence-electron chi connectivity index (χ3n) is 3.85. The normalized spacial score (nSPS) is 13.3. The number of nitrogen functional groups attached to an aromatic ring is 2. The molecule has 4 rings (SSSR count). The van der Waals surface area contributed by atoms with E-state index in [9.17, 15) is 0 Å². The summed E-state index contributed by atoms with van der Waals surface area (Å²) in [6, 6.07) is 15.9. The molecule has 1 aromatic heterocycles. The highest BCUT2D eigenvalue weighted by atomic mass is 32.2. The fraction of sp³-hybridized carbons (Fsp3) is 0.118. The molecule has 0 radical (unpaired) electrons. The second kappa shape index (κ2) is 5.10. The van der Waals surface area contributed by atoms with Crippen molar-refractivity contribution >= 4 is 23.1 Å². The van der Waals surface area contributed by atoms with Crippen molar-refractivity contribution in [2.75, 3.05) is 17.2 Å². The van der Waals surface area contributed by atoms with Gasteiger partial charge in [-0.2, -0.15) is 0 Å². The predicted molar refractivity (Wildman–Crippen MR) is 92.6 cm³/mol. The van der Waals surface area contributed by atoms with E-state index in [1.807, 2.05) is 36.4 Å². The fourth-order valence-corrected chi connectivity index (χ4v) is 3.70. The van der Waals surface area contributed by atoms with Crippen molar-refractivity contribution in [3.8, 4) is 22.5 Å². The first-order valence-corrected chi connectivity index (χ1v) is 8.16. The minimum absolute atomic E-state index is 0.763. The van der Waals surface area contributed by atoms with Gasteiger partial charge in [-0.05, 0) is 24.3 Å². The van der Waals surface area contributed by atoms with E-state index in [-0.39, 0.29) is 0 Å². The maximum atomic E-state index is 5.82. The molecule has 110 valence electrons. The first kappa shape index (κ1) is 13.3. The average Bonchev–Trinajstić information content (AvgIpc) is 3.10. The minimum atomic E-state index is 0.763. The Labute approximate surface area is 133 Å². The van der Waals surface area contributed by atoms with Crippen LogP contribution in [0.4, 0.5) is 11.4 Å². The van der Waals surface area contributed by atoms with Crippen LogP contribution in [0.1, 0.15) is 0 Å². The molecule has 4 N–H and O–H groups in total. The first-order chi connectivity index (χ1) is 10.7. The number of rotatable bonds is 2. The van der Waals surface area contributed by atoms with Gasteiger partial charge in [-0.1, -0.05) is 36.0 Å². The van der Waals surface area contributed by atoms with Crippen LogP contribution in [-0.4, -0.2) is 15.3 Å². The summed E-state index contributed by atoms with van der Waals surface area (Å²) >= 11 is 1.80. The Hall–Kier alpha value is -2.40. The fourth-order valence-electron chi connectivity index (χ4n) is 2.75. The number of hydrogen-bond donors (Lipinski definition) is 2. The SMILES string of the molecule is Nc1ccc(-c2nc3n(c2-c2ccc(N)cc2)CCS3)cc1. The second-order valence-corrected chi connectivity index (χ2v) is 6.40. The lowest BCUT2D eigenvalue weighted by Gasteiger charge is -2.09. The van der Waals surface area contributed by atoms with Crippen molar-refractivity contribution < 1.29 is 0 Å². The van der Waals surface area contributed by atoms with Gasteiger partial charge in [0.25, 0.3) is 0 Å². The molecule has 22 heavy (non-hydrogen) atoms. The van der Waals surface area contributed by atoms with E-state index >= 15 is 0 Å². The molecule has 2 heterocycles. The van der Waals surface area contributed by atoms with E-state index in [0.29, 0.717) is 0 Å². The highest BCUT2D eigenvalue weighted by molar-refractivity contribution is 7.99. The van der Waals surface area contributed by atoms with Crippen LogP contribution in [0.25, 0.3) is 22.5 Å². The van der Waals surface area contributed by atoms with Crippen molar-refractivity contribution in [2.45, 2.75) is 11.7 Å². The standard InChI is InChI=1S/C17H16N4S/c18-13-5-1-11(2-6-13)15-16(12-3-7-14(19)8-4-12)21-9-10-22-17(21)20-15/h1-8H,9-10,18-19H2. The van der Waals surface area contributed by atoms with E-state index in [1.54, 1.807) is 11.8 Å². The zero-order chi connectivity index (χ0) is 15.1. The van der Waals surface area contributed by atoms with Crippen LogP contribution in [0, 0.1) is 0 Å². The Morgan fingerprint density at radius 3 is 2.09 bits per heavy atom. The number of thioether (sulfide) groups is 1. The molecule has 0 aliphatic carbocycles. The summed E-state index contributed by atoms with van der Waals surface area (Å²) in [5.41, 5.74) is 17.5. The molecule has 2 aromatic carbocycles. The Balaban J connectivity index is 1.92. The lowest BCUT2D eigenvalue weighted by atomic mass is 10.0. The maximum Gasteiger partial charge on any atom is 0.169 e. The Kier molecular flexibility index (Phi) is 3.08. The molecule has 0 spiro atoms. The van der Waals surface area contributed by atoms with Crippen molar-refractivity contribution in [3.05, 3.63) is 48.5 Å². The third kappa shape index (κ3) is 2.14. The number of imidazole rings is 1. The van der Waals surface area contributed by atoms with Gasteiger partial charge in [0.05, 0.1) is 11.4 Å². The number of benzene rings is 2. The molecule has 0 saturated heterocycles. The average molecular weight is 308 g/mol. The van der Waals surface area contributed by atoms with Crippen LogP contribution in [-0.2, 0) is 6.54 Å². The van der Waals surface area contributed by atoms with Crippen LogP contribution in [0.3, 0.4) is 0 Å². The van der Waals surface area contributed by atoms with Crippen LogP contribution in [0.15, 0.2) is 53.7 Å². The zero-order valence-electron chi connectivity index (χ0n) is 12.0. The van der Waals surface area contributed by atoms with Crippen molar-refractivity contribution in [1.29, 1.82) is 0 Å². The quantitative estimate of drug-likeness (QED) is 0.711. The number of nitrogens with zero attached hydrogens (tertiary/aromatic N) is 2. The van der Waals surface area contributed by atoms with Crippen LogP contribution < -0.4 is 11.5 Å². The van der Waals surface area contributed by atoms with Crippen molar-refractivity contribution in [2.24, 2.45) is 0 Å². The van der Waals surface area contributed by atoms with Gasteiger partial charge in [0.2, 0.25) is 0 Å². The number of anilines is 2. The Bertz CT molecular complexity index is 819. The van der Waals surface area contributed by atoms with Crippen LogP contribution in [0.5, 0.6) is 0 Å². The van der Waals surface area contributed by atoms with Gasteiger partial charge in [0.1, 0.15) is 0 Å². The lowest BCUT2D eigenvalue weighted by molar-refractivity contribution is 0.726. The largest absolute Gasteiger partial charge is 0.399 e. The van der Waals surface area contributed by atoms with Gasteiger partial charge < -0.3 is 16.0 Å². The monoisotopic (exact) mass is 308 g/mol. The molecule has 4 nitrogen and oxygen atoms in total. The molecule has 0 saturated carbocycles. The van der Waals surface area contributed by atoms with Gasteiger partial charge in [-0.15, -0.1) is 0 Å². The van der Waals surface area contributed by atoms with E-state index in [0.717, 1.165) is 51.3 Å². The van der Waals surface area contributed by atoms with E-state index in [4.69, 9.17) is 16.5 Å². The van der Waals surface area contributed by atoms with Crippen LogP contribution in [0.2, 0.25) is 0 Å². The summed E-state index contributed by atoms with van der Waals surface area (Å²) < 4.78 is 2.29. The van der Waals surface area contributed by atoms with Crippen molar-refractivity contribution in [3.63, 3.8) is 0 Å². The van der Waals surface area contributed by atoms with Gasteiger partial charge >= 0.3 is 0 Å². The third-order valence-corrected chi connectivity index (χ3v) is 4.80. The highest BCUT2D eigenvalue weighted by Crippen LogP contribution is 2.39. The zero-order valence-corrected chi connectivity index (χ0v) is 12.8. The molecule has 1 aliphatic rings. The molecular weight excluding hydrogens is 292 g/mol. The maximum absolute atomic E-state index is 5.82.